The van der Waals surface area contributed by atoms with Gasteiger partial charge < -0.3 is 14.7 Å². The van der Waals surface area contributed by atoms with Crippen molar-refractivity contribution in [3.8, 4) is 5.75 Å². The summed E-state index contributed by atoms with van der Waals surface area (Å²) in [7, 11) is 1.71. The molecule has 10 nitrogen and oxygen atoms in total. The molecule has 0 radical (unpaired) electrons. The molecule has 11 heteroatoms. The van der Waals surface area contributed by atoms with Crippen LogP contribution >= 0.6 is 11.6 Å². The van der Waals surface area contributed by atoms with Gasteiger partial charge in [-0.15, -0.1) is 0 Å². The summed E-state index contributed by atoms with van der Waals surface area (Å²) >= 11 is 5.97. The number of urea groups is 1. The summed E-state index contributed by atoms with van der Waals surface area (Å²) in [4.78, 5) is 46.0. The fraction of sp³-hybridized carbons (Fsp3) is 0.192. The van der Waals surface area contributed by atoms with Crippen molar-refractivity contribution in [2.45, 2.75) is 19.9 Å². The molecule has 0 aliphatic carbocycles. The van der Waals surface area contributed by atoms with Crippen LogP contribution in [0.4, 0.5) is 10.5 Å². The molecule has 3 amide bonds. The lowest BCUT2D eigenvalue weighted by atomic mass is 10.2. The van der Waals surface area contributed by atoms with Crippen LogP contribution < -0.4 is 10.1 Å². The minimum absolute atomic E-state index is 0.139. The second-order valence-electron chi connectivity index (χ2n) is 7.53. The molecule has 2 N–H and O–H groups in total. The monoisotopic (exact) mass is 525 g/mol. The average molecular weight is 526 g/mol. The standard InChI is InChI=1S/C26H28ClN5O5/c1-4-15-28-23(5-2)37-22-12-10-21(11-13-22)29-25(30-26(36)32(18-33)16-14-24(34)35)31(3)17-19-6-8-20(27)9-7-19/h4-13,15,18H,1,14,16-17H2,2-3H3,(H,34,35)(H,29,30,36)/b23-5+,28-15?. The molecule has 194 valence electrons. The van der Waals surface area contributed by atoms with Gasteiger partial charge in [0.15, 0.2) is 0 Å². The molecule has 0 fully saturated rings. The largest absolute Gasteiger partial charge is 0.481 e. The van der Waals surface area contributed by atoms with Crippen molar-refractivity contribution in [2.24, 2.45) is 9.98 Å². The van der Waals surface area contributed by atoms with Gasteiger partial charge in [0.05, 0.1) is 12.1 Å². The molecule has 0 saturated carbocycles. The molecule has 0 aliphatic heterocycles. The first-order chi connectivity index (χ1) is 17.7. The number of nitrogens with zero attached hydrogens (tertiary/aromatic N) is 4. The Morgan fingerprint density at radius 2 is 1.84 bits per heavy atom. The summed E-state index contributed by atoms with van der Waals surface area (Å²) in [6, 6.07) is 13.1. The summed E-state index contributed by atoms with van der Waals surface area (Å²) in [6.45, 7) is 5.44. The van der Waals surface area contributed by atoms with Crippen LogP contribution in [0.2, 0.25) is 5.02 Å². The highest BCUT2D eigenvalue weighted by Gasteiger charge is 2.18. The number of aliphatic carboxylic acids is 1. The number of carboxylic acids is 1. The van der Waals surface area contributed by atoms with E-state index in [4.69, 9.17) is 21.4 Å². The van der Waals surface area contributed by atoms with Gasteiger partial charge in [-0.05, 0) is 55.0 Å². The van der Waals surface area contributed by atoms with E-state index in [0.717, 1.165) is 10.5 Å². The Labute approximate surface area is 220 Å². The molecule has 0 atom stereocenters. The van der Waals surface area contributed by atoms with Gasteiger partial charge in [-0.3, -0.25) is 19.8 Å². The normalized spacial score (nSPS) is 11.6. The number of benzene rings is 2. The fourth-order valence-corrected chi connectivity index (χ4v) is 2.98. The maximum atomic E-state index is 12.7. The number of amides is 3. The smallest absolute Gasteiger partial charge is 0.330 e. The molecular formula is C26H28ClN5O5. The van der Waals surface area contributed by atoms with Gasteiger partial charge >= 0.3 is 12.0 Å². The van der Waals surface area contributed by atoms with Crippen LogP contribution in [0.5, 0.6) is 5.75 Å². The minimum atomic E-state index is -1.13. The van der Waals surface area contributed by atoms with E-state index in [9.17, 15) is 14.4 Å². The van der Waals surface area contributed by atoms with Gasteiger partial charge in [0.1, 0.15) is 5.75 Å². The van der Waals surface area contributed by atoms with E-state index in [0.29, 0.717) is 28.9 Å². The number of hydrogen-bond acceptors (Lipinski definition) is 6. The van der Waals surface area contributed by atoms with E-state index < -0.39 is 12.0 Å². The predicted molar refractivity (Wildman–Crippen MR) is 143 cm³/mol. The SMILES string of the molecule is C=CC=N/C(=C\C)Oc1ccc(N=C(NC(=O)N(C=O)CCC(=O)O)N(C)Cc2ccc(Cl)cc2)cc1. The number of carbonyl (C=O) groups excluding carboxylic acids is 2. The van der Waals surface area contributed by atoms with Crippen molar-refractivity contribution in [3.63, 3.8) is 0 Å². The van der Waals surface area contributed by atoms with Crippen LogP contribution in [0.25, 0.3) is 0 Å². The van der Waals surface area contributed by atoms with Crippen molar-refractivity contribution in [1.82, 2.24) is 15.1 Å². The molecule has 2 rings (SSSR count). The van der Waals surface area contributed by atoms with Crippen LogP contribution in [0, 0.1) is 0 Å². The van der Waals surface area contributed by atoms with Crippen LogP contribution in [-0.4, -0.2) is 59.1 Å². The van der Waals surface area contributed by atoms with Gasteiger partial charge in [0.2, 0.25) is 18.3 Å². The van der Waals surface area contributed by atoms with Crippen LogP contribution in [0.3, 0.4) is 0 Å². The zero-order valence-corrected chi connectivity index (χ0v) is 21.3. The molecule has 0 heterocycles. The van der Waals surface area contributed by atoms with E-state index in [-0.39, 0.29) is 25.3 Å². The third-order valence-electron chi connectivity index (χ3n) is 4.72. The van der Waals surface area contributed by atoms with Gasteiger partial charge in [-0.1, -0.05) is 36.4 Å². The lowest BCUT2D eigenvalue weighted by molar-refractivity contribution is -0.137. The second-order valence-corrected chi connectivity index (χ2v) is 7.96. The first-order valence-electron chi connectivity index (χ1n) is 11.1. The quantitative estimate of drug-likeness (QED) is 0.191. The average Bonchev–Trinajstić information content (AvgIpc) is 2.88. The van der Waals surface area contributed by atoms with Crippen molar-refractivity contribution in [3.05, 3.63) is 83.7 Å². The summed E-state index contributed by atoms with van der Waals surface area (Å²) in [6.07, 6.45) is 4.64. The molecule has 2 aromatic rings. The number of guanidine groups is 1. The highest BCUT2D eigenvalue weighted by molar-refractivity contribution is 6.30. The number of halogens is 1. The predicted octanol–water partition coefficient (Wildman–Crippen LogP) is 4.60. The molecular weight excluding hydrogens is 498 g/mol. The van der Waals surface area contributed by atoms with E-state index in [1.807, 2.05) is 12.1 Å². The fourth-order valence-electron chi connectivity index (χ4n) is 2.85. The zero-order chi connectivity index (χ0) is 27.2. The number of allylic oxidation sites excluding steroid dienone is 2. The van der Waals surface area contributed by atoms with Crippen molar-refractivity contribution in [2.75, 3.05) is 13.6 Å². The number of carbonyl (C=O) groups is 3. The zero-order valence-electron chi connectivity index (χ0n) is 20.5. The summed E-state index contributed by atoms with van der Waals surface area (Å²) in [5.41, 5.74) is 1.39. The summed E-state index contributed by atoms with van der Waals surface area (Å²) in [5, 5.41) is 12.1. The van der Waals surface area contributed by atoms with E-state index in [2.05, 4.69) is 21.9 Å². The first-order valence-corrected chi connectivity index (χ1v) is 11.5. The summed E-state index contributed by atoms with van der Waals surface area (Å²) in [5.74, 6) is -0.0798. The Morgan fingerprint density at radius 3 is 2.41 bits per heavy atom. The minimum Gasteiger partial charge on any atom is -0.481 e. The van der Waals surface area contributed by atoms with Gasteiger partial charge in [0, 0.05) is 31.4 Å². The lowest BCUT2D eigenvalue weighted by Crippen LogP contribution is -2.48. The number of hydrogen-bond donors (Lipinski definition) is 2. The third-order valence-corrected chi connectivity index (χ3v) is 4.97. The van der Waals surface area contributed by atoms with Gasteiger partial charge in [0.25, 0.3) is 0 Å². The molecule has 0 aromatic heterocycles. The highest BCUT2D eigenvalue weighted by Crippen LogP contribution is 2.21. The number of nitrogens with one attached hydrogen (secondary N) is 1. The van der Waals surface area contributed by atoms with Crippen molar-refractivity contribution >= 4 is 47.9 Å². The molecule has 37 heavy (non-hydrogen) atoms. The lowest BCUT2D eigenvalue weighted by Gasteiger charge is -2.24. The molecule has 0 spiro atoms. The van der Waals surface area contributed by atoms with Gasteiger partial charge in [-0.25, -0.2) is 14.8 Å². The number of aliphatic imine (C=N–C) groups is 2. The highest BCUT2D eigenvalue weighted by atomic mass is 35.5. The van der Waals surface area contributed by atoms with Gasteiger partial charge in [-0.2, -0.15) is 0 Å². The number of carboxylic acid groups (broad SMARTS) is 1. The van der Waals surface area contributed by atoms with Crippen molar-refractivity contribution in [1.29, 1.82) is 0 Å². The number of ether oxygens (including phenoxy) is 1. The molecule has 2 aromatic carbocycles. The molecule has 0 saturated heterocycles. The van der Waals surface area contributed by atoms with E-state index in [1.165, 1.54) is 12.3 Å². The van der Waals surface area contributed by atoms with Crippen molar-refractivity contribution < 1.29 is 24.2 Å². The third kappa shape index (κ3) is 9.98. The topological polar surface area (TPSA) is 124 Å². The second kappa shape index (κ2) is 14.8. The van der Waals surface area contributed by atoms with Crippen LogP contribution in [0.15, 0.2) is 83.1 Å². The Bertz CT molecular complexity index is 1180. The maximum Gasteiger partial charge on any atom is 0.330 e. The van der Waals surface area contributed by atoms with Crippen LogP contribution in [0.1, 0.15) is 18.9 Å². The maximum absolute atomic E-state index is 12.7. The molecule has 0 aliphatic rings. The first kappa shape index (κ1) is 28.8. The Balaban J connectivity index is 2.28. The Hall–Kier alpha value is -4.44. The Kier molecular flexibility index (Phi) is 11.6. The summed E-state index contributed by atoms with van der Waals surface area (Å²) < 4.78 is 5.70. The van der Waals surface area contributed by atoms with E-state index >= 15 is 0 Å². The number of imide groups is 1. The molecule has 0 unspecified atom stereocenters. The molecule has 0 bridgehead atoms. The Morgan fingerprint density at radius 1 is 1.16 bits per heavy atom. The number of rotatable bonds is 11. The van der Waals surface area contributed by atoms with E-state index in [1.54, 1.807) is 61.3 Å². The van der Waals surface area contributed by atoms with Crippen LogP contribution in [-0.2, 0) is 16.1 Å².